The maximum atomic E-state index is 13.1. The zero-order valence-corrected chi connectivity index (χ0v) is 27.4. The number of nitriles is 1. The fourth-order valence-electron chi connectivity index (χ4n) is 5.01. The van der Waals surface area contributed by atoms with Crippen molar-refractivity contribution >= 4 is 40.8 Å². The average molecular weight is 649 g/mol. The molecule has 0 bridgehead atoms. The summed E-state index contributed by atoms with van der Waals surface area (Å²) in [6.45, 7) is 8.03. The zero-order valence-electron chi connectivity index (χ0n) is 24.4. The zero-order chi connectivity index (χ0) is 31.2. The maximum Gasteiger partial charge on any atom is 2.00 e. The molecule has 0 spiro atoms. The molecule has 9 heteroatoms. The molecule has 4 aromatic carbocycles. The number of benzene rings is 4. The molecule has 1 aliphatic heterocycles. The second kappa shape index (κ2) is 14.1. The van der Waals surface area contributed by atoms with Gasteiger partial charge >= 0.3 is 19.5 Å². The van der Waals surface area contributed by atoms with Gasteiger partial charge in [-0.05, 0) is 40.6 Å². The first-order valence-electron chi connectivity index (χ1n) is 13.9. The van der Waals surface area contributed by atoms with Crippen LogP contribution in [-0.4, -0.2) is 17.6 Å². The Bertz CT molecular complexity index is 2090. The Morgan fingerprint density at radius 2 is 1.26 bits per heavy atom. The Morgan fingerprint density at radius 3 is 1.78 bits per heavy atom. The number of hydrogen-bond donors (Lipinski definition) is 2. The number of carbonyl (C=O) groups is 2. The summed E-state index contributed by atoms with van der Waals surface area (Å²) in [5, 5.41) is 15.9. The van der Waals surface area contributed by atoms with E-state index in [0.29, 0.717) is 44.8 Å². The third-order valence-electron chi connectivity index (χ3n) is 7.08. The van der Waals surface area contributed by atoms with Crippen LogP contribution in [0, 0.1) is 17.9 Å². The number of anilines is 1. The Labute approximate surface area is 278 Å². The molecule has 2 amide bonds. The molecule has 46 heavy (non-hydrogen) atoms. The smallest absolute Gasteiger partial charge is 0.448 e. The Hall–Kier alpha value is -6.15. The molecule has 1 aliphatic rings. The van der Waals surface area contributed by atoms with Gasteiger partial charge in [0.2, 0.25) is 0 Å². The van der Waals surface area contributed by atoms with E-state index in [1.165, 1.54) is 0 Å². The third-order valence-corrected chi connectivity index (χ3v) is 7.08. The maximum absolute atomic E-state index is 13.1. The molecule has 0 radical (unpaired) electrons. The minimum Gasteiger partial charge on any atom is -0.448 e. The standard InChI is InChI=1S/C37H24N6O2.Zn/c1-39-33-32(25-16-8-3-9-17-25)30(41-35(33)43-37(45)27-20-12-5-13-21-27)22-29-31(24-14-6-2-7-15-24)28(23-38)34(40-29)42-36(44)26-18-10-4-11-19-26;/h2-22H,(H3,40,41,42,43,44,45);/q;+2/p-1. The molecular weight excluding hydrogens is 626 g/mol. The van der Waals surface area contributed by atoms with Gasteiger partial charge in [0, 0.05) is 16.7 Å². The van der Waals surface area contributed by atoms with Gasteiger partial charge in [0.1, 0.15) is 11.6 Å². The summed E-state index contributed by atoms with van der Waals surface area (Å²) >= 11 is 0. The summed E-state index contributed by atoms with van der Waals surface area (Å²) in [4.78, 5) is 39.4. The van der Waals surface area contributed by atoms with Gasteiger partial charge in [-0.15, -0.1) is 0 Å². The summed E-state index contributed by atoms with van der Waals surface area (Å²) in [6, 6.07) is 38.1. The second-order valence-corrected chi connectivity index (χ2v) is 9.91. The number of amides is 2. The summed E-state index contributed by atoms with van der Waals surface area (Å²) in [5.74, 6) is -0.603. The fourth-order valence-corrected chi connectivity index (χ4v) is 5.01. The van der Waals surface area contributed by atoms with Crippen molar-refractivity contribution in [3.8, 4) is 17.2 Å². The van der Waals surface area contributed by atoms with E-state index < -0.39 is 11.8 Å². The molecule has 0 unspecified atom stereocenters. The number of allylic oxidation sites excluding steroid dienone is 1. The van der Waals surface area contributed by atoms with Crippen LogP contribution in [-0.2, 0) is 19.5 Å². The summed E-state index contributed by atoms with van der Waals surface area (Å²) in [6.07, 6.45) is 1.68. The van der Waals surface area contributed by atoms with Crippen molar-refractivity contribution in [3.63, 3.8) is 0 Å². The number of nitrogens with one attached hydrogen (secondary N) is 2. The number of amidine groups is 1. The van der Waals surface area contributed by atoms with Crippen molar-refractivity contribution in [3.05, 3.63) is 166 Å². The summed E-state index contributed by atoms with van der Waals surface area (Å²) in [5.41, 5.74) is 4.37. The normalized spacial score (nSPS) is 12.8. The predicted molar refractivity (Wildman–Crippen MR) is 174 cm³/mol. The topological polar surface area (TPSA) is 113 Å². The van der Waals surface area contributed by atoms with Crippen LogP contribution in [0.15, 0.2) is 138 Å². The van der Waals surface area contributed by atoms with Crippen LogP contribution in [0.4, 0.5) is 11.5 Å². The number of rotatable bonds is 6. The summed E-state index contributed by atoms with van der Waals surface area (Å²) in [7, 11) is 0. The van der Waals surface area contributed by atoms with Crippen molar-refractivity contribution in [2.75, 3.05) is 5.32 Å². The molecular formula is C37H23N6O2Zn+. The fraction of sp³-hybridized carbons (Fsp3) is 0. The van der Waals surface area contributed by atoms with Gasteiger partial charge in [-0.3, -0.25) is 9.59 Å². The van der Waals surface area contributed by atoms with Gasteiger partial charge in [0.15, 0.2) is 17.4 Å². The van der Waals surface area contributed by atoms with Gasteiger partial charge in [-0.25, -0.2) is 9.84 Å². The first-order chi connectivity index (χ1) is 22.1. The minimum atomic E-state index is -0.409. The van der Waals surface area contributed by atoms with Gasteiger partial charge in [0.25, 0.3) is 5.91 Å². The van der Waals surface area contributed by atoms with E-state index in [4.69, 9.17) is 16.5 Å². The molecule has 0 atom stereocenters. The summed E-state index contributed by atoms with van der Waals surface area (Å²) < 4.78 is 0. The Balaban J connectivity index is 0.00000417. The molecule has 0 saturated heterocycles. The van der Waals surface area contributed by atoms with Crippen LogP contribution >= 0.6 is 0 Å². The quantitative estimate of drug-likeness (QED) is 0.149. The van der Waals surface area contributed by atoms with Crippen LogP contribution < -0.4 is 15.6 Å². The predicted octanol–water partition coefficient (Wildman–Crippen LogP) is 7.27. The number of nitrogens with zero attached hydrogens (tertiary/aromatic N) is 4. The monoisotopic (exact) mass is 647 g/mol. The van der Waals surface area contributed by atoms with E-state index in [9.17, 15) is 14.9 Å². The van der Waals surface area contributed by atoms with Gasteiger partial charge in [-0.1, -0.05) is 115 Å². The van der Waals surface area contributed by atoms with Crippen LogP contribution in [0.1, 0.15) is 32.0 Å². The molecule has 0 saturated carbocycles. The third kappa shape index (κ3) is 6.37. The van der Waals surface area contributed by atoms with Crippen molar-refractivity contribution in [1.82, 2.24) is 10.3 Å². The van der Waals surface area contributed by atoms with E-state index in [1.807, 2.05) is 72.8 Å². The van der Waals surface area contributed by atoms with Crippen molar-refractivity contribution in [1.29, 1.82) is 5.26 Å². The first-order valence-corrected chi connectivity index (χ1v) is 13.9. The van der Waals surface area contributed by atoms with Crippen molar-refractivity contribution < 1.29 is 29.1 Å². The van der Waals surface area contributed by atoms with Crippen LogP contribution in [0.5, 0.6) is 0 Å². The average Bonchev–Trinajstić information content (AvgIpc) is 3.62. The number of aromatic nitrogens is 1. The molecule has 5 aromatic rings. The Morgan fingerprint density at radius 1 is 0.761 bits per heavy atom. The van der Waals surface area contributed by atoms with Gasteiger partial charge in [-0.2, -0.15) is 5.26 Å². The molecule has 1 aromatic heterocycles. The molecule has 2 N–H and O–H groups in total. The van der Waals surface area contributed by atoms with Gasteiger partial charge in [0.05, 0.1) is 12.3 Å². The van der Waals surface area contributed by atoms with E-state index >= 15 is 0 Å². The largest absolute Gasteiger partial charge is 2.00 e. The molecule has 214 valence electrons. The Kier molecular flexibility index (Phi) is 9.58. The van der Waals surface area contributed by atoms with Crippen molar-refractivity contribution in [2.45, 2.75) is 0 Å². The molecule has 2 heterocycles. The first kappa shape index (κ1) is 31.3. The molecule has 8 nitrogen and oxygen atoms in total. The van der Waals surface area contributed by atoms with Gasteiger partial charge < -0.3 is 15.6 Å². The molecule has 0 aliphatic carbocycles. The molecule has 0 fully saturated rings. The SMILES string of the molecule is [C-]#[N+]c1c(NC(=O)c2ccccc2)[n-]c(/C=C2\N=C(NC(=O)c3ccccc3)C(C#N)=C2c2ccccc2)c1-c1ccccc1.[Zn+2]. The van der Waals surface area contributed by atoms with E-state index in [1.54, 1.807) is 54.6 Å². The second-order valence-electron chi connectivity index (χ2n) is 9.91. The van der Waals surface area contributed by atoms with E-state index in [0.717, 1.165) is 0 Å². The number of hydrogen-bond acceptors (Lipinski definition) is 4. The number of carbonyl (C=O) groups excluding carboxylic acids is 2. The minimum absolute atomic E-state index is 0. The van der Waals surface area contributed by atoms with E-state index in [-0.39, 0.29) is 42.4 Å². The van der Waals surface area contributed by atoms with Crippen molar-refractivity contribution in [2.24, 2.45) is 4.99 Å². The van der Waals surface area contributed by atoms with Crippen LogP contribution in [0.3, 0.4) is 0 Å². The van der Waals surface area contributed by atoms with Crippen LogP contribution in [0.2, 0.25) is 0 Å². The van der Waals surface area contributed by atoms with Crippen LogP contribution in [0.25, 0.3) is 27.6 Å². The van der Waals surface area contributed by atoms with E-state index in [2.05, 4.69) is 21.5 Å². The molecule has 6 rings (SSSR count). The number of aliphatic imine (C=N–C) groups is 1.